The highest BCUT2D eigenvalue weighted by molar-refractivity contribution is 6.04. The zero-order valence-electron chi connectivity index (χ0n) is 28.3. The molecular formula is C41H40N4O5. The molecule has 0 atom stereocenters. The number of ether oxygens (including phenoxy) is 2. The first-order valence-corrected chi connectivity index (χ1v) is 16.5. The highest BCUT2D eigenvalue weighted by atomic mass is 16.5. The minimum Gasteiger partial charge on any atom is -0.493 e. The Morgan fingerprint density at radius 3 is 2.32 bits per heavy atom. The van der Waals surface area contributed by atoms with Crippen LogP contribution in [-0.2, 0) is 25.9 Å². The lowest BCUT2D eigenvalue weighted by Gasteiger charge is -2.29. The molecule has 254 valence electrons. The van der Waals surface area contributed by atoms with Gasteiger partial charge in [-0.15, -0.1) is 6.58 Å². The maximum Gasteiger partial charge on any atom is 0.275 e. The molecule has 2 N–H and O–H groups in total. The second-order valence-corrected chi connectivity index (χ2v) is 12.2. The van der Waals surface area contributed by atoms with Crippen molar-refractivity contribution in [1.29, 1.82) is 0 Å². The molecule has 1 aromatic heterocycles. The number of nitrogens with zero attached hydrogens (tertiary/aromatic N) is 2. The normalized spacial score (nSPS) is 13.5. The van der Waals surface area contributed by atoms with Crippen molar-refractivity contribution in [2.75, 3.05) is 32.6 Å². The smallest absolute Gasteiger partial charge is 0.275 e. The van der Waals surface area contributed by atoms with Crippen molar-refractivity contribution in [2.45, 2.75) is 25.9 Å². The van der Waals surface area contributed by atoms with Crippen molar-refractivity contribution in [3.63, 3.8) is 0 Å². The molecule has 6 rings (SSSR count). The van der Waals surface area contributed by atoms with Crippen molar-refractivity contribution >= 4 is 23.7 Å². The van der Waals surface area contributed by atoms with E-state index < -0.39 is 5.56 Å². The van der Waals surface area contributed by atoms with Crippen LogP contribution in [0.1, 0.15) is 38.2 Å². The van der Waals surface area contributed by atoms with Crippen LogP contribution >= 0.6 is 0 Å². The van der Waals surface area contributed by atoms with E-state index in [0.29, 0.717) is 16.8 Å². The minimum absolute atomic E-state index is 0.115. The lowest BCUT2D eigenvalue weighted by atomic mass is 9.98. The number of amides is 1. The van der Waals surface area contributed by atoms with Crippen molar-refractivity contribution in [3.8, 4) is 11.5 Å². The van der Waals surface area contributed by atoms with Gasteiger partial charge in [-0.3, -0.25) is 23.9 Å². The van der Waals surface area contributed by atoms with E-state index in [0.717, 1.165) is 49.5 Å². The largest absolute Gasteiger partial charge is 0.493 e. The van der Waals surface area contributed by atoms with Crippen LogP contribution in [0.15, 0.2) is 113 Å². The van der Waals surface area contributed by atoms with E-state index in [4.69, 9.17) is 9.47 Å². The molecule has 0 spiro atoms. The van der Waals surface area contributed by atoms with Gasteiger partial charge in [0.25, 0.3) is 17.0 Å². The number of rotatable bonds is 11. The second kappa shape index (κ2) is 15.5. The van der Waals surface area contributed by atoms with Crippen LogP contribution in [0.3, 0.4) is 0 Å². The second-order valence-electron chi connectivity index (χ2n) is 12.2. The van der Waals surface area contributed by atoms with Gasteiger partial charge in [0.2, 0.25) is 0 Å². The molecule has 1 aliphatic rings. The Bertz CT molecular complexity index is 2260. The fourth-order valence-corrected chi connectivity index (χ4v) is 6.19. The van der Waals surface area contributed by atoms with E-state index in [9.17, 15) is 14.4 Å². The molecule has 2 heterocycles. The van der Waals surface area contributed by atoms with E-state index in [1.54, 1.807) is 56.7 Å². The Morgan fingerprint density at radius 2 is 1.60 bits per heavy atom. The van der Waals surface area contributed by atoms with Gasteiger partial charge >= 0.3 is 0 Å². The number of nitrogens with one attached hydrogen (secondary N) is 2. The third kappa shape index (κ3) is 7.85. The summed E-state index contributed by atoms with van der Waals surface area (Å²) in [5.74, 6) is 1.24. The molecule has 0 bridgehead atoms. The monoisotopic (exact) mass is 668 g/mol. The van der Waals surface area contributed by atoms with E-state index in [-0.39, 0.29) is 28.7 Å². The number of H-pyrrole nitrogens is 1. The number of methoxy groups -OCH3 is 2. The average Bonchev–Trinajstić information content (AvgIpc) is 3.14. The highest BCUT2D eigenvalue weighted by Crippen LogP contribution is 2.33. The molecule has 50 heavy (non-hydrogen) atoms. The molecule has 5 aromatic rings. The molecule has 0 radical (unpaired) electrons. The molecule has 4 aromatic carbocycles. The fourth-order valence-electron chi connectivity index (χ4n) is 6.19. The topological polar surface area (TPSA) is 106 Å². The van der Waals surface area contributed by atoms with E-state index >= 15 is 0 Å². The van der Waals surface area contributed by atoms with Gasteiger partial charge in [-0.05, 0) is 89.2 Å². The molecule has 9 nitrogen and oxygen atoms in total. The van der Waals surface area contributed by atoms with Crippen LogP contribution in [0, 0.1) is 0 Å². The van der Waals surface area contributed by atoms with Gasteiger partial charge in [0, 0.05) is 37.4 Å². The summed E-state index contributed by atoms with van der Waals surface area (Å²) < 4.78 is 12.4. The van der Waals surface area contributed by atoms with Gasteiger partial charge in [-0.2, -0.15) is 0 Å². The summed E-state index contributed by atoms with van der Waals surface area (Å²) in [6, 6.07) is 28.3. The number of hydrogen-bond acceptors (Lipinski definition) is 6. The summed E-state index contributed by atoms with van der Waals surface area (Å²) in [7, 11) is 3.32. The van der Waals surface area contributed by atoms with Crippen LogP contribution in [-0.4, -0.2) is 47.7 Å². The maximum atomic E-state index is 13.4. The van der Waals surface area contributed by atoms with Crippen LogP contribution in [0.4, 0.5) is 5.69 Å². The van der Waals surface area contributed by atoms with E-state index in [2.05, 4.69) is 33.9 Å². The Hall–Kier alpha value is -5.93. The van der Waals surface area contributed by atoms with Gasteiger partial charge in [0.05, 0.1) is 14.2 Å². The predicted octanol–water partition coefficient (Wildman–Crippen LogP) is 4.25. The first-order valence-electron chi connectivity index (χ1n) is 16.5. The van der Waals surface area contributed by atoms with Gasteiger partial charge in [0.1, 0.15) is 10.7 Å². The maximum absolute atomic E-state index is 13.4. The van der Waals surface area contributed by atoms with Gasteiger partial charge in [0.15, 0.2) is 11.5 Å². The summed E-state index contributed by atoms with van der Waals surface area (Å²) in [5.41, 5.74) is 5.48. The third-order valence-corrected chi connectivity index (χ3v) is 8.85. The number of hydrogen-bond donors (Lipinski definition) is 2. The molecule has 1 aliphatic heterocycles. The fraction of sp³-hybridized carbons (Fsp3) is 0.195. The van der Waals surface area contributed by atoms with E-state index in [1.165, 1.54) is 21.3 Å². The summed E-state index contributed by atoms with van der Waals surface area (Å²) in [6.45, 7) is 6.68. The minimum atomic E-state index is -0.401. The van der Waals surface area contributed by atoms with Crippen LogP contribution in [0.2, 0.25) is 0 Å². The molecule has 0 aliphatic carbocycles. The number of carbonyl (C=O) groups excluding carboxylic acids is 1. The zero-order chi connectivity index (χ0) is 35.0. The SMILES string of the molecule is C=CCn1c(=O)/c(=C/c2cccc(C(=O)Nc3ccc(CCN4CCc5cc(OC)c(OC)cc5C4)cc3)c2)[nH]c(=O)/c1=C/c1ccccc1. The van der Waals surface area contributed by atoms with Crippen LogP contribution in [0.25, 0.3) is 12.2 Å². The van der Waals surface area contributed by atoms with Gasteiger partial charge in [-0.1, -0.05) is 60.7 Å². The number of aromatic nitrogens is 2. The zero-order valence-corrected chi connectivity index (χ0v) is 28.3. The summed E-state index contributed by atoms with van der Waals surface area (Å²) in [4.78, 5) is 44.9. The Balaban J connectivity index is 1.12. The third-order valence-electron chi connectivity index (χ3n) is 8.85. The standard InChI is InChI=1S/C41H40N4O5/c1-4-19-45-36(24-29-9-6-5-7-10-29)40(47)43-35(41(45)48)23-30-11-8-12-32(22-30)39(46)42-34-15-13-28(14-16-34)17-20-44-21-18-31-25-37(49-2)38(50-3)26-33(31)27-44/h4-16,22-26H,1,17-21,27H2,2-3H3,(H,42,46)(H,43,47)/b35-23-,36-24-. The van der Waals surface area contributed by atoms with Crippen molar-refractivity contribution < 1.29 is 14.3 Å². The van der Waals surface area contributed by atoms with Gasteiger partial charge < -0.3 is 19.8 Å². The Kier molecular flexibility index (Phi) is 10.5. The predicted molar refractivity (Wildman–Crippen MR) is 197 cm³/mol. The number of anilines is 1. The lowest BCUT2D eigenvalue weighted by Crippen LogP contribution is -2.53. The molecule has 0 unspecified atom stereocenters. The van der Waals surface area contributed by atoms with Crippen LogP contribution < -0.4 is 36.6 Å². The number of fused-ring (bicyclic) bond motifs is 1. The first-order chi connectivity index (χ1) is 24.3. The lowest BCUT2D eigenvalue weighted by molar-refractivity contribution is 0.102. The molecule has 1 amide bonds. The Labute approximate surface area is 290 Å². The van der Waals surface area contributed by atoms with Crippen molar-refractivity contribution in [1.82, 2.24) is 14.5 Å². The average molecular weight is 669 g/mol. The van der Waals surface area contributed by atoms with E-state index in [1.807, 2.05) is 54.6 Å². The van der Waals surface area contributed by atoms with Crippen LogP contribution in [0.5, 0.6) is 11.5 Å². The molecule has 0 saturated carbocycles. The summed E-state index contributed by atoms with van der Waals surface area (Å²) >= 11 is 0. The molecule has 0 saturated heterocycles. The molecule has 0 fully saturated rings. The number of allylic oxidation sites excluding steroid dienone is 1. The van der Waals surface area contributed by atoms with Crippen molar-refractivity contribution in [2.24, 2.45) is 0 Å². The van der Waals surface area contributed by atoms with Gasteiger partial charge in [-0.25, -0.2) is 0 Å². The molecule has 9 heteroatoms. The first kappa shape index (κ1) is 34.0. The number of aromatic amines is 1. The number of carbonyl (C=O) groups is 1. The number of benzene rings is 4. The molecular weight excluding hydrogens is 628 g/mol. The quantitative estimate of drug-likeness (QED) is 0.204. The summed E-state index contributed by atoms with van der Waals surface area (Å²) in [6.07, 6.45) is 6.68. The van der Waals surface area contributed by atoms with Crippen molar-refractivity contribution in [3.05, 3.63) is 168 Å². The summed E-state index contributed by atoms with van der Waals surface area (Å²) in [5, 5.41) is 3.31. The highest BCUT2D eigenvalue weighted by Gasteiger charge is 2.19. The Morgan fingerprint density at radius 1 is 0.880 bits per heavy atom.